The molecule has 0 bridgehead atoms. The molecule has 1 rings (SSSR count). The highest BCUT2D eigenvalue weighted by atomic mass is 16.6. The van der Waals surface area contributed by atoms with E-state index in [1.54, 1.807) is 18.0 Å². The van der Waals surface area contributed by atoms with Crippen molar-refractivity contribution in [3.05, 3.63) is 12.3 Å². The third-order valence-corrected chi connectivity index (χ3v) is 1.78. The Hall–Kier alpha value is -1.36. The molecule has 0 amide bonds. The van der Waals surface area contributed by atoms with E-state index < -0.39 is 0 Å². The Bertz CT molecular complexity index is 272. The largest absolute Gasteiger partial charge is 0.506 e. The van der Waals surface area contributed by atoms with Gasteiger partial charge in [-0.05, 0) is 0 Å². The van der Waals surface area contributed by atoms with E-state index in [0.29, 0.717) is 12.4 Å². The fraction of sp³-hybridized carbons (Fsp3) is 0.500. The standard InChI is InChI=1S/C8H14N2O3/c1-9(3-4-11)8-5-7(12)6-10(8)13-2/h5-6,11-12H,3-4H2,1-2H3. The van der Waals surface area contributed by atoms with Gasteiger partial charge in [0.1, 0.15) is 18.7 Å². The molecule has 1 aromatic rings. The smallest absolute Gasteiger partial charge is 0.148 e. The molecule has 2 N–H and O–H groups in total. The number of aliphatic hydroxyl groups excluding tert-OH is 1. The van der Waals surface area contributed by atoms with Gasteiger partial charge in [-0.2, -0.15) is 4.73 Å². The van der Waals surface area contributed by atoms with E-state index in [2.05, 4.69) is 0 Å². The molecule has 0 radical (unpaired) electrons. The number of nitrogens with zero attached hydrogens (tertiary/aromatic N) is 2. The lowest BCUT2D eigenvalue weighted by Gasteiger charge is -2.18. The molecule has 0 unspecified atom stereocenters. The van der Waals surface area contributed by atoms with E-state index in [4.69, 9.17) is 9.94 Å². The van der Waals surface area contributed by atoms with Crippen molar-refractivity contribution >= 4 is 5.82 Å². The molecule has 13 heavy (non-hydrogen) atoms. The number of hydrogen-bond donors (Lipinski definition) is 2. The van der Waals surface area contributed by atoms with Crippen molar-refractivity contribution < 1.29 is 15.1 Å². The zero-order valence-corrected chi connectivity index (χ0v) is 7.77. The van der Waals surface area contributed by atoms with Crippen LogP contribution in [0.4, 0.5) is 5.82 Å². The van der Waals surface area contributed by atoms with Gasteiger partial charge in [-0.15, -0.1) is 0 Å². The van der Waals surface area contributed by atoms with Crippen molar-refractivity contribution in [2.75, 3.05) is 32.2 Å². The first-order valence-corrected chi connectivity index (χ1v) is 3.97. The SMILES string of the molecule is COn1cc(O)cc1N(C)CCO. The molecule has 74 valence electrons. The lowest BCUT2D eigenvalue weighted by Crippen LogP contribution is -2.25. The van der Waals surface area contributed by atoms with Crippen molar-refractivity contribution in [1.82, 2.24) is 4.73 Å². The molecule has 0 aromatic carbocycles. The van der Waals surface area contributed by atoms with Crippen LogP contribution in [0.1, 0.15) is 0 Å². The molecule has 0 fully saturated rings. The Balaban J connectivity index is 2.84. The van der Waals surface area contributed by atoms with Gasteiger partial charge in [-0.25, -0.2) is 0 Å². The molecular formula is C8H14N2O3. The minimum atomic E-state index is 0.0617. The van der Waals surface area contributed by atoms with Gasteiger partial charge in [-0.1, -0.05) is 0 Å². The van der Waals surface area contributed by atoms with Crippen LogP contribution < -0.4 is 9.74 Å². The Kier molecular flexibility index (Phi) is 3.02. The normalized spacial score (nSPS) is 10.1. The highest BCUT2D eigenvalue weighted by molar-refractivity contribution is 5.44. The van der Waals surface area contributed by atoms with E-state index in [1.165, 1.54) is 18.0 Å². The molecule has 0 atom stereocenters. The quantitative estimate of drug-likeness (QED) is 0.676. The predicted octanol–water partition coefficient (Wildman–Crippen LogP) is -0.319. The highest BCUT2D eigenvalue weighted by Gasteiger charge is 2.09. The molecule has 5 nitrogen and oxygen atoms in total. The van der Waals surface area contributed by atoms with E-state index in [0.717, 1.165) is 0 Å². The zero-order valence-electron chi connectivity index (χ0n) is 7.77. The summed E-state index contributed by atoms with van der Waals surface area (Å²) in [6, 6.07) is 1.57. The number of rotatable bonds is 4. The van der Waals surface area contributed by atoms with Gasteiger partial charge in [0.05, 0.1) is 12.8 Å². The maximum absolute atomic E-state index is 9.19. The topological polar surface area (TPSA) is 57.9 Å². The van der Waals surface area contributed by atoms with Crippen molar-refractivity contribution in [3.8, 4) is 5.75 Å². The van der Waals surface area contributed by atoms with Crippen molar-refractivity contribution in [3.63, 3.8) is 0 Å². The lowest BCUT2D eigenvalue weighted by molar-refractivity contribution is 0.169. The second-order valence-electron chi connectivity index (χ2n) is 2.71. The van der Waals surface area contributed by atoms with Gasteiger partial charge in [0, 0.05) is 19.7 Å². The van der Waals surface area contributed by atoms with Crippen LogP contribution in [-0.4, -0.2) is 42.3 Å². The maximum atomic E-state index is 9.19. The van der Waals surface area contributed by atoms with Gasteiger partial charge in [0.15, 0.2) is 0 Å². The van der Waals surface area contributed by atoms with Crippen molar-refractivity contribution in [1.29, 1.82) is 0 Å². The van der Waals surface area contributed by atoms with Crippen molar-refractivity contribution in [2.24, 2.45) is 0 Å². The summed E-state index contributed by atoms with van der Waals surface area (Å²) < 4.78 is 1.44. The summed E-state index contributed by atoms with van der Waals surface area (Å²) in [4.78, 5) is 6.75. The van der Waals surface area contributed by atoms with Crippen LogP contribution >= 0.6 is 0 Å². The number of aromatic nitrogens is 1. The van der Waals surface area contributed by atoms with Crippen molar-refractivity contribution in [2.45, 2.75) is 0 Å². The summed E-state index contributed by atoms with van der Waals surface area (Å²) in [5.74, 6) is 0.843. The number of aliphatic hydroxyl groups is 1. The van der Waals surface area contributed by atoms with Gasteiger partial charge < -0.3 is 20.0 Å². The average Bonchev–Trinajstić information content (AvgIpc) is 2.47. The molecule has 1 aromatic heterocycles. The fourth-order valence-electron chi connectivity index (χ4n) is 1.11. The van der Waals surface area contributed by atoms with Gasteiger partial charge in [-0.3, -0.25) is 0 Å². The maximum Gasteiger partial charge on any atom is 0.148 e. The molecule has 1 heterocycles. The summed E-state index contributed by atoms with van der Waals surface area (Å²) in [5.41, 5.74) is 0. The number of hydrogen-bond acceptors (Lipinski definition) is 4. The summed E-state index contributed by atoms with van der Waals surface area (Å²) in [6.07, 6.45) is 1.46. The second kappa shape index (κ2) is 4.04. The highest BCUT2D eigenvalue weighted by Crippen LogP contribution is 2.20. The fourth-order valence-corrected chi connectivity index (χ4v) is 1.11. The van der Waals surface area contributed by atoms with Crippen LogP contribution in [0, 0.1) is 0 Å². The Morgan fingerprint density at radius 2 is 2.31 bits per heavy atom. The van der Waals surface area contributed by atoms with Gasteiger partial charge in [0.25, 0.3) is 0 Å². The minimum Gasteiger partial charge on any atom is -0.506 e. The lowest BCUT2D eigenvalue weighted by atomic mass is 10.5. The van der Waals surface area contributed by atoms with Crippen LogP contribution in [0.25, 0.3) is 0 Å². The van der Waals surface area contributed by atoms with Gasteiger partial charge >= 0.3 is 0 Å². The third kappa shape index (κ3) is 2.06. The van der Waals surface area contributed by atoms with Crippen LogP contribution in [0.2, 0.25) is 0 Å². The molecule has 0 aliphatic rings. The molecular weight excluding hydrogens is 172 g/mol. The first-order chi connectivity index (χ1) is 6.19. The first kappa shape index (κ1) is 9.73. The van der Waals surface area contributed by atoms with Gasteiger partial charge in [0.2, 0.25) is 0 Å². The number of likely N-dealkylation sites (N-methyl/N-ethyl adjacent to an activating group) is 1. The predicted molar refractivity (Wildman–Crippen MR) is 49.0 cm³/mol. The second-order valence-corrected chi connectivity index (χ2v) is 2.71. The first-order valence-electron chi connectivity index (χ1n) is 3.97. The van der Waals surface area contributed by atoms with Crippen LogP contribution in [-0.2, 0) is 0 Å². The monoisotopic (exact) mass is 186 g/mol. The molecule has 0 saturated carbocycles. The van der Waals surface area contributed by atoms with Crippen LogP contribution in [0.3, 0.4) is 0 Å². The molecule has 0 saturated heterocycles. The van der Waals surface area contributed by atoms with E-state index in [9.17, 15) is 5.11 Å². The third-order valence-electron chi connectivity index (χ3n) is 1.78. The number of anilines is 1. The molecule has 0 aliphatic heterocycles. The number of aromatic hydroxyl groups is 1. The minimum absolute atomic E-state index is 0.0617. The molecule has 5 heteroatoms. The summed E-state index contributed by atoms with van der Waals surface area (Å²) in [7, 11) is 3.32. The Labute approximate surface area is 76.7 Å². The molecule has 0 aliphatic carbocycles. The summed E-state index contributed by atoms with van der Waals surface area (Å²) in [5, 5.41) is 17.9. The average molecular weight is 186 g/mol. The summed E-state index contributed by atoms with van der Waals surface area (Å²) in [6.45, 7) is 0.555. The van der Waals surface area contributed by atoms with E-state index in [1.807, 2.05) is 0 Å². The Morgan fingerprint density at radius 3 is 2.85 bits per heavy atom. The van der Waals surface area contributed by atoms with E-state index >= 15 is 0 Å². The van der Waals surface area contributed by atoms with Crippen LogP contribution in [0.15, 0.2) is 12.3 Å². The Morgan fingerprint density at radius 1 is 1.62 bits per heavy atom. The van der Waals surface area contributed by atoms with Crippen LogP contribution in [0.5, 0.6) is 5.75 Å². The summed E-state index contributed by atoms with van der Waals surface area (Å²) >= 11 is 0. The van der Waals surface area contributed by atoms with E-state index in [-0.39, 0.29) is 12.4 Å². The molecule has 0 spiro atoms. The zero-order chi connectivity index (χ0) is 9.84.